The molecule has 3 nitrogen and oxygen atoms in total. The Morgan fingerprint density at radius 3 is 2.53 bits per heavy atom. The molecule has 2 aromatic carbocycles. The highest BCUT2D eigenvalue weighted by Gasteiger charge is 2.09. The second-order valence-electron chi connectivity index (χ2n) is 4.49. The molecule has 3 N–H and O–H groups in total. The summed E-state index contributed by atoms with van der Waals surface area (Å²) in [5.74, 6) is -0.170. The summed E-state index contributed by atoms with van der Waals surface area (Å²) in [7, 11) is 0. The lowest BCUT2D eigenvalue weighted by molar-refractivity contribution is 0.102. The summed E-state index contributed by atoms with van der Waals surface area (Å²) in [4.78, 5) is 12.1. The number of hydrogen-bond donors (Lipinski definition) is 2. The third-order valence-corrected chi connectivity index (χ3v) is 3.49. The molecule has 0 aliphatic carbocycles. The highest BCUT2D eigenvalue weighted by Crippen LogP contribution is 2.24. The number of nitrogen functional groups attached to an aromatic ring is 1. The van der Waals surface area contributed by atoms with Crippen LogP contribution < -0.4 is 11.1 Å². The first-order valence-corrected chi connectivity index (χ1v) is 6.70. The quantitative estimate of drug-likeness (QED) is 0.825. The topological polar surface area (TPSA) is 55.1 Å². The molecule has 0 spiro atoms. The van der Waals surface area contributed by atoms with Crippen LogP contribution in [0.5, 0.6) is 0 Å². The molecule has 2 rings (SSSR count). The summed E-state index contributed by atoms with van der Waals surface area (Å²) in [5, 5.41) is 2.84. The maximum atomic E-state index is 12.1. The van der Waals surface area contributed by atoms with Crippen LogP contribution in [0.2, 0.25) is 0 Å². The molecule has 0 saturated carbocycles. The molecule has 0 atom stereocenters. The first kappa shape index (κ1) is 13.6. The molecular weight excluding hydrogens is 304 g/mol. The summed E-state index contributed by atoms with van der Waals surface area (Å²) < 4.78 is 0.869. The van der Waals surface area contributed by atoms with Gasteiger partial charge in [0.05, 0.1) is 11.4 Å². The van der Waals surface area contributed by atoms with E-state index < -0.39 is 0 Å². The van der Waals surface area contributed by atoms with Crippen LogP contribution in [0.4, 0.5) is 11.4 Å². The number of nitrogens with two attached hydrogens (primary N) is 1. The second kappa shape index (κ2) is 5.45. The van der Waals surface area contributed by atoms with Gasteiger partial charge in [0.15, 0.2) is 0 Å². The van der Waals surface area contributed by atoms with Crippen molar-refractivity contribution in [3.8, 4) is 0 Å². The SMILES string of the molecule is Cc1cc(N)c(NC(=O)c2cccc(Br)c2)cc1C. The van der Waals surface area contributed by atoms with Crippen LogP contribution in [-0.4, -0.2) is 5.91 Å². The van der Waals surface area contributed by atoms with Gasteiger partial charge < -0.3 is 11.1 Å². The molecule has 2 aromatic rings. The number of anilines is 2. The number of carbonyl (C=O) groups is 1. The van der Waals surface area contributed by atoms with E-state index >= 15 is 0 Å². The van der Waals surface area contributed by atoms with Crippen LogP contribution in [0.25, 0.3) is 0 Å². The molecule has 0 heterocycles. The Morgan fingerprint density at radius 1 is 1.16 bits per heavy atom. The fraction of sp³-hybridized carbons (Fsp3) is 0.133. The first-order chi connectivity index (χ1) is 8.97. The lowest BCUT2D eigenvalue weighted by Gasteiger charge is -2.11. The summed E-state index contributed by atoms with van der Waals surface area (Å²) >= 11 is 3.35. The van der Waals surface area contributed by atoms with Crippen LogP contribution in [0.15, 0.2) is 40.9 Å². The van der Waals surface area contributed by atoms with E-state index in [9.17, 15) is 4.79 Å². The van der Waals surface area contributed by atoms with E-state index in [1.165, 1.54) is 0 Å². The minimum absolute atomic E-state index is 0.170. The van der Waals surface area contributed by atoms with Gasteiger partial charge in [-0.15, -0.1) is 0 Å². The Balaban J connectivity index is 2.27. The highest BCUT2D eigenvalue weighted by atomic mass is 79.9. The van der Waals surface area contributed by atoms with Crippen LogP contribution in [0, 0.1) is 13.8 Å². The van der Waals surface area contributed by atoms with Crippen LogP contribution in [0.3, 0.4) is 0 Å². The zero-order valence-corrected chi connectivity index (χ0v) is 12.4. The Bertz CT molecular complexity index is 638. The number of aryl methyl sites for hydroxylation is 2. The van der Waals surface area contributed by atoms with Crippen molar-refractivity contribution in [1.29, 1.82) is 0 Å². The van der Waals surface area contributed by atoms with Crippen LogP contribution in [0.1, 0.15) is 21.5 Å². The maximum absolute atomic E-state index is 12.1. The Kier molecular flexibility index (Phi) is 3.90. The summed E-state index contributed by atoms with van der Waals surface area (Å²) in [6, 6.07) is 11.0. The number of carbonyl (C=O) groups excluding carboxylic acids is 1. The maximum Gasteiger partial charge on any atom is 0.255 e. The van der Waals surface area contributed by atoms with Gasteiger partial charge in [-0.1, -0.05) is 22.0 Å². The van der Waals surface area contributed by atoms with E-state index in [0.717, 1.165) is 15.6 Å². The van der Waals surface area contributed by atoms with E-state index in [1.807, 2.05) is 38.1 Å². The molecule has 0 fully saturated rings. The van der Waals surface area contributed by atoms with E-state index in [4.69, 9.17) is 5.73 Å². The van der Waals surface area contributed by atoms with Crippen molar-refractivity contribution in [2.45, 2.75) is 13.8 Å². The molecule has 4 heteroatoms. The lowest BCUT2D eigenvalue weighted by Crippen LogP contribution is -2.13. The molecule has 0 bridgehead atoms. The molecule has 0 saturated heterocycles. The van der Waals surface area contributed by atoms with Crippen molar-refractivity contribution in [3.05, 3.63) is 57.6 Å². The lowest BCUT2D eigenvalue weighted by atomic mass is 10.1. The van der Waals surface area contributed by atoms with Crippen molar-refractivity contribution in [2.24, 2.45) is 0 Å². The molecule has 0 aromatic heterocycles. The smallest absolute Gasteiger partial charge is 0.255 e. The third-order valence-electron chi connectivity index (χ3n) is 3.00. The molecule has 0 unspecified atom stereocenters. The zero-order chi connectivity index (χ0) is 14.0. The van der Waals surface area contributed by atoms with Gasteiger partial charge in [-0.2, -0.15) is 0 Å². The normalized spacial score (nSPS) is 10.3. The van der Waals surface area contributed by atoms with E-state index in [-0.39, 0.29) is 5.91 Å². The van der Waals surface area contributed by atoms with E-state index in [0.29, 0.717) is 16.9 Å². The Morgan fingerprint density at radius 2 is 1.84 bits per heavy atom. The van der Waals surface area contributed by atoms with Gasteiger partial charge in [-0.3, -0.25) is 4.79 Å². The number of rotatable bonds is 2. The highest BCUT2D eigenvalue weighted by molar-refractivity contribution is 9.10. The molecule has 0 aliphatic heterocycles. The molecule has 0 aliphatic rings. The van der Waals surface area contributed by atoms with Crippen molar-refractivity contribution in [1.82, 2.24) is 0 Å². The molecule has 98 valence electrons. The van der Waals surface area contributed by atoms with Crippen LogP contribution >= 0.6 is 15.9 Å². The average Bonchev–Trinajstić information content (AvgIpc) is 2.36. The minimum atomic E-state index is -0.170. The number of hydrogen-bond acceptors (Lipinski definition) is 2. The van der Waals surface area contributed by atoms with E-state index in [1.54, 1.807) is 12.1 Å². The van der Waals surface area contributed by atoms with Crippen molar-refractivity contribution < 1.29 is 4.79 Å². The molecule has 0 radical (unpaired) electrons. The first-order valence-electron chi connectivity index (χ1n) is 5.91. The number of amides is 1. The number of nitrogens with one attached hydrogen (secondary N) is 1. The Hall–Kier alpha value is -1.81. The molecule has 19 heavy (non-hydrogen) atoms. The van der Waals surface area contributed by atoms with Gasteiger partial charge in [0.25, 0.3) is 5.91 Å². The van der Waals surface area contributed by atoms with Crippen LogP contribution in [-0.2, 0) is 0 Å². The van der Waals surface area contributed by atoms with Crippen molar-refractivity contribution >= 4 is 33.2 Å². The van der Waals surface area contributed by atoms with Gasteiger partial charge in [0.2, 0.25) is 0 Å². The van der Waals surface area contributed by atoms with Gasteiger partial charge in [-0.05, 0) is 55.3 Å². The monoisotopic (exact) mass is 318 g/mol. The summed E-state index contributed by atoms with van der Waals surface area (Å²) in [5.41, 5.74) is 9.94. The number of halogens is 1. The van der Waals surface area contributed by atoms with Gasteiger partial charge in [0.1, 0.15) is 0 Å². The van der Waals surface area contributed by atoms with Gasteiger partial charge in [0, 0.05) is 10.0 Å². The van der Waals surface area contributed by atoms with Gasteiger partial charge >= 0.3 is 0 Å². The summed E-state index contributed by atoms with van der Waals surface area (Å²) in [6.45, 7) is 3.98. The largest absolute Gasteiger partial charge is 0.397 e. The zero-order valence-electron chi connectivity index (χ0n) is 10.8. The Labute approximate surface area is 121 Å². The number of benzene rings is 2. The third kappa shape index (κ3) is 3.15. The fourth-order valence-electron chi connectivity index (χ4n) is 1.77. The van der Waals surface area contributed by atoms with Gasteiger partial charge in [-0.25, -0.2) is 0 Å². The van der Waals surface area contributed by atoms with Crippen molar-refractivity contribution in [3.63, 3.8) is 0 Å². The second-order valence-corrected chi connectivity index (χ2v) is 5.40. The standard InChI is InChI=1S/C15H15BrN2O/c1-9-6-13(17)14(7-10(9)2)18-15(19)11-4-3-5-12(16)8-11/h3-8H,17H2,1-2H3,(H,18,19). The molecule has 1 amide bonds. The fourth-order valence-corrected chi connectivity index (χ4v) is 2.17. The molecular formula is C15H15BrN2O. The average molecular weight is 319 g/mol. The predicted molar refractivity (Wildman–Crippen MR) is 82.4 cm³/mol. The minimum Gasteiger partial charge on any atom is -0.397 e. The summed E-state index contributed by atoms with van der Waals surface area (Å²) in [6.07, 6.45) is 0. The predicted octanol–water partition coefficient (Wildman–Crippen LogP) is 3.90. The van der Waals surface area contributed by atoms with E-state index in [2.05, 4.69) is 21.2 Å². The van der Waals surface area contributed by atoms with Crippen molar-refractivity contribution in [2.75, 3.05) is 11.1 Å².